The highest BCUT2D eigenvalue weighted by Gasteiger charge is 2.37. The van der Waals surface area contributed by atoms with Gasteiger partial charge in [-0.05, 0) is 32.6 Å². The molecule has 3 N–H and O–H groups in total. The summed E-state index contributed by atoms with van der Waals surface area (Å²) in [6.45, 7) is 4.38. The number of nitrogens with one attached hydrogen (secondary N) is 1. The first-order chi connectivity index (χ1) is 6.58. The average molecular weight is 192 g/mol. The molecule has 0 aromatic carbocycles. The Labute approximate surface area is 83.9 Å². The first kappa shape index (κ1) is 9.24. The molecule has 1 fully saturated rings. The van der Waals surface area contributed by atoms with Gasteiger partial charge in [0.05, 0.1) is 12.4 Å². The van der Waals surface area contributed by atoms with Crippen LogP contribution in [0.1, 0.15) is 26.7 Å². The Morgan fingerprint density at radius 1 is 1.43 bits per heavy atom. The third-order valence-electron chi connectivity index (χ3n) is 2.70. The van der Waals surface area contributed by atoms with Gasteiger partial charge >= 0.3 is 0 Å². The molecule has 1 aromatic heterocycles. The molecule has 4 nitrogen and oxygen atoms in total. The predicted molar refractivity (Wildman–Crippen MR) is 56.9 cm³/mol. The molecule has 1 saturated carbocycles. The van der Waals surface area contributed by atoms with Crippen molar-refractivity contribution in [3.05, 3.63) is 12.4 Å². The van der Waals surface area contributed by atoms with Crippen molar-refractivity contribution in [2.45, 2.75) is 32.2 Å². The van der Waals surface area contributed by atoms with Crippen LogP contribution >= 0.6 is 0 Å². The Balaban J connectivity index is 2.09. The van der Waals surface area contributed by atoms with Crippen LogP contribution in [0.3, 0.4) is 0 Å². The minimum Gasteiger partial charge on any atom is -0.382 e. The number of hydrogen-bond acceptors (Lipinski definition) is 4. The molecule has 1 aromatic rings. The number of rotatable bonds is 3. The van der Waals surface area contributed by atoms with Gasteiger partial charge in [0, 0.05) is 5.54 Å². The van der Waals surface area contributed by atoms with Crippen molar-refractivity contribution in [2.24, 2.45) is 5.92 Å². The molecule has 0 saturated heterocycles. The Morgan fingerprint density at radius 3 is 2.71 bits per heavy atom. The molecule has 0 aliphatic heterocycles. The molecule has 0 atom stereocenters. The molecular formula is C10H16N4. The van der Waals surface area contributed by atoms with E-state index in [1.165, 1.54) is 12.8 Å². The van der Waals surface area contributed by atoms with Crippen molar-refractivity contribution >= 4 is 11.6 Å². The smallest absolute Gasteiger partial charge is 0.147 e. The molecule has 2 rings (SSSR count). The maximum atomic E-state index is 5.56. The normalized spacial score (nSPS) is 16.7. The fourth-order valence-electron chi connectivity index (χ4n) is 1.68. The molecule has 0 radical (unpaired) electrons. The van der Waals surface area contributed by atoms with Crippen LogP contribution < -0.4 is 11.1 Å². The number of nitrogens with two attached hydrogens (primary N) is 1. The lowest BCUT2D eigenvalue weighted by molar-refractivity contribution is 0.492. The first-order valence-electron chi connectivity index (χ1n) is 4.93. The lowest BCUT2D eigenvalue weighted by Crippen LogP contribution is -2.33. The number of aromatic nitrogens is 2. The minimum absolute atomic E-state index is 0.0997. The second kappa shape index (κ2) is 3.12. The maximum absolute atomic E-state index is 5.56. The summed E-state index contributed by atoms with van der Waals surface area (Å²) in [4.78, 5) is 8.17. The highest BCUT2D eigenvalue weighted by molar-refractivity contribution is 5.40. The van der Waals surface area contributed by atoms with Crippen molar-refractivity contribution in [3.8, 4) is 0 Å². The van der Waals surface area contributed by atoms with Crippen LogP contribution in [-0.2, 0) is 0 Å². The Bertz CT molecular complexity index is 331. The van der Waals surface area contributed by atoms with Gasteiger partial charge in [-0.25, -0.2) is 4.98 Å². The molecule has 1 aliphatic rings. The van der Waals surface area contributed by atoms with Gasteiger partial charge in [-0.15, -0.1) is 0 Å². The number of anilines is 2. The van der Waals surface area contributed by atoms with Crippen molar-refractivity contribution in [3.63, 3.8) is 0 Å². The second-order valence-corrected chi connectivity index (χ2v) is 4.45. The standard InChI is InChI=1S/C10H16N4/c1-10(2,7-3-4-7)14-9-6-12-5-8(11)13-9/h5-7H,3-4H2,1-2H3,(H3,11,13,14). The monoisotopic (exact) mass is 192 g/mol. The van der Waals surface area contributed by atoms with E-state index in [9.17, 15) is 0 Å². The number of nitrogen functional groups attached to an aromatic ring is 1. The lowest BCUT2D eigenvalue weighted by Gasteiger charge is -2.26. The first-order valence-corrected chi connectivity index (χ1v) is 4.93. The molecule has 4 heteroatoms. The minimum atomic E-state index is 0.0997. The molecule has 0 bridgehead atoms. The van der Waals surface area contributed by atoms with Gasteiger partial charge in [0.25, 0.3) is 0 Å². The van der Waals surface area contributed by atoms with E-state index in [0.29, 0.717) is 5.82 Å². The van der Waals surface area contributed by atoms with E-state index in [0.717, 1.165) is 11.7 Å². The number of nitrogens with zero attached hydrogens (tertiary/aromatic N) is 2. The van der Waals surface area contributed by atoms with Crippen LogP contribution in [0.25, 0.3) is 0 Å². The van der Waals surface area contributed by atoms with Crippen LogP contribution in [0.5, 0.6) is 0 Å². The second-order valence-electron chi connectivity index (χ2n) is 4.45. The van der Waals surface area contributed by atoms with Crippen molar-refractivity contribution in [1.82, 2.24) is 9.97 Å². The van der Waals surface area contributed by atoms with Gasteiger partial charge in [-0.1, -0.05) is 0 Å². The van der Waals surface area contributed by atoms with E-state index in [1.807, 2.05) is 0 Å². The zero-order valence-corrected chi connectivity index (χ0v) is 8.62. The lowest BCUT2D eigenvalue weighted by atomic mass is 9.99. The van der Waals surface area contributed by atoms with Gasteiger partial charge in [-0.3, -0.25) is 4.98 Å². The average Bonchev–Trinajstić information content (AvgIpc) is 2.84. The molecular weight excluding hydrogens is 176 g/mol. The largest absolute Gasteiger partial charge is 0.382 e. The zero-order valence-electron chi connectivity index (χ0n) is 8.62. The molecule has 1 heterocycles. The maximum Gasteiger partial charge on any atom is 0.147 e. The number of hydrogen-bond donors (Lipinski definition) is 2. The third-order valence-corrected chi connectivity index (χ3v) is 2.70. The SMILES string of the molecule is CC(C)(Nc1cncc(N)n1)C1CC1. The van der Waals surface area contributed by atoms with Gasteiger partial charge in [0.1, 0.15) is 11.6 Å². The van der Waals surface area contributed by atoms with E-state index in [-0.39, 0.29) is 5.54 Å². The quantitative estimate of drug-likeness (QED) is 0.764. The van der Waals surface area contributed by atoms with Crippen LogP contribution in [0, 0.1) is 5.92 Å². The zero-order chi connectivity index (χ0) is 10.2. The van der Waals surface area contributed by atoms with Crippen molar-refractivity contribution in [2.75, 3.05) is 11.1 Å². The van der Waals surface area contributed by atoms with Gasteiger partial charge in [0.15, 0.2) is 0 Å². The van der Waals surface area contributed by atoms with Crippen LogP contribution in [0.4, 0.5) is 11.6 Å². The Morgan fingerprint density at radius 2 is 2.14 bits per heavy atom. The molecule has 1 aliphatic carbocycles. The highest BCUT2D eigenvalue weighted by atomic mass is 15.1. The van der Waals surface area contributed by atoms with Crippen LogP contribution in [0.2, 0.25) is 0 Å². The Kier molecular flexibility index (Phi) is 2.06. The van der Waals surface area contributed by atoms with Crippen molar-refractivity contribution < 1.29 is 0 Å². The molecule has 14 heavy (non-hydrogen) atoms. The molecule has 0 spiro atoms. The van der Waals surface area contributed by atoms with Crippen LogP contribution in [-0.4, -0.2) is 15.5 Å². The fraction of sp³-hybridized carbons (Fsp3) is 0.600. The molecule has 0 amide bonds. The highest BCUT2D eigenvalue weighted by Crippen LogP contribution is 2.40. The summed E-state index contributed by atoms with van der Waals surface area (Å²) >= 11 is 0. The summed E-state index contributed by atoms with van der Waals surface area (Å²) in [5, 5.41) is 3.37. The Hall–Kier alpha value is -1.32. The summed E-state index contributed by atoms with van der Waals surface area (Å²) in [5.41, 5.74) is 5.66. The fourth-order valence-corrected chi connectivity index (χ4v) is 1.68. The van der Waals surface area contributed by atoms with Crippen molar-refractivity contribution in [1.29, 1.82) is 0 Å². The molecule has 76 valence electrons. The topological polar surface area (TPSA) is 63.8 Å². The molecule has 0 unspecified atom stereocenters. The van der Waals surface area contributed by atoms with Gasteiger partial charge in [0.2, 0.25) is 0 Å². The van der Waals surface area contributed by atoms with E-state index < -0.39 is 0 Å². The van der Waals surface area contributed by atoms with Gasteiger partial charge < -0.3 is 11.1 Å². The third kappa shape index (κ3) is 1.95. The van der Waals surface area contributed by atoms with Crippen LogP contribution in [0.15, 0.2) is 12.4 Å². The van der Waals surface area contributed by atoms with E-state index in [4.69, 9.17) is 5.73 Å². The van der Waals surface area contributed by atoms with E-state index in [1.54, 1.807) is 12.4 Å². The van der Waals surface area contributed by atoms with E-state index in [2.05, 4.69) is 29.1 Å². The van der Waals surface area contributed by atoms with Gasteiger partial charge in [-0.2, -0.15) is 0 Å². The summed E-state index contributed by atoms with van der Waals surface area (Å²) in [7, 11) is 0. The summed E-state index contributed by atoms with van der Waals surface area (Å²) in [5.74, 6) is 1.98. The summed E-state index contributed by atoms with van der Waals surface area (Å²) in [6.07, 6.45) is 5.86. The summed E-state index contributed by atoms with van der Waals surface area (Å²) < 4.78 is 0. The predicted octanol–water partition coefficient (Wildman–Crippen LogP) is 1.66. The summed E-state index contributed by atoms with van der Waals surface area (Å²) in [6, 6.07) is 0. The van der Waals surface area contributed by atoms with E-state index >= 15 is 0 Å².